The summed E-state index contributed by atoms with van der Waals surface area (Å²) in [5.41, 5.74) is 4.68. The number of rotatable bonds is 4. The van der Waals surface area contributed by atoms with Crippen LogP contribution in [-0.2, 0) is 0 Å². The van der Waals surface area contributed by atoms with Crippen molar-refractivity contribution < 1.29 is 9.50 Å². The van der Waals surface area contributed by atoms with Gasteiger partial charge in [-0.1, -0.05) is 35.9 Å². The highest BCUT2D eigenvalue weighted by atomic mass is 19.1. The SMILES string of the molecule is Cc1ccc(C(CCO)c2ccc(F)cc2)c(C)c1. The van der Waals surface area contributed by atoms with Gasteiger partial charge >= 0.3 is 0 Å². The van der Waals surface area contributed by atoms with Gasteiger partial charge in [-0.25, -0.2) is 4.39 Å². The van der Waals surface area contributed by atoms with Gasteiger partial charge in [0.2, 0.25) is 0 Å². The fourth-order valence-corrected chi connectivity index (χ4v) is 2.54. The molecule has 0 saturated heterocycles. The number of aryl methyl sites for hydroxylation is 2. The molecule has 0 radical (unpaired) electrons. The summed E-state index contributed by atoms with van der Waals surface area (Å²) in [6, 6.07) is 12.9. The van der Waals surface area contributed by atoms with E-state index in [0.29, 0.717) is 6.42 Å². The van der Waals surface area contributed by atoms with Crippen LogP contribution in [-0.4, -0.2) is 11.7 Å². The van der Waals surface area contributed by atoms with Crippen molar-refractivity contribution in [2.45, 2.75) is 26.2 Å². The molecule has 2 aromatic carbocycles. The molecule has 2 rings (SSSR count). The smallest absolute Gasteiger partial charge is 0.123 e. The van der Waals surface area contributed by atoms with Crippen LogP contribution in [0.1, 0.15) is 34.6 Å². The number of hydrogen-bond donors (Lipinski definition) is 1. The molecule has 2 aromatic rings. The minimum Gasteiger partial charge on any atom is -0.396 e. The van der Waals surface area contributed by atoms with Crippen LogP contribution in [0.25, 0.3) is 0 Å². The zero-order chi connectivity index (χ0) is 13.8. The zero-order valence-corrected chi connectivity index (χ0v) is 11.4. The van der Waals surface area contributed by atoms with Gasteiger partial charge in [-0.3, -0.25) is 0 Å². The summed E-state index contributed by atoms with van der Waals surface area (Å²) in [4.78, 5) is 0. The molecule has 100 valence electrons. The van der Waals surface area contributed by atoms with Crippen molar-refractivity contribution in [2.75, 3.05) is 6.61 Å². The van der Waals surface area contributed by atoms with Crippen LogP contribution in [0.15, 0.2) is 42.5 Å². The number of benzene rings is 2. The van der Waals surface area contributed by atoms with Gasteiger partial charge in [-0.15, -0.1) is 0 Å². The maximum atomic E-state index is 13.0. The predicted molar refractivity (Wildman–Crippen MR) is 75.9 cm³/mol. The molecular formula is C17H19FO. The maximum Gasteiger partial charge on any atom is 0.123 e. The van der Waals surface area contributed by atoms with Crippen LogP contribution in [0.4, 0.5) is 4.39 Å². The summed E-state index contributed by atoms with van der Waals surface area (Å²) in [6.45, 7) is 4.27. The van der Waals surface area contributed by atoms with E-state index in [1.807, 2.05) is 0 Å². The molecule has 1 unspecified atom stereocenters. The average molecular weight is 258 g/mol. The Morgan fingerprint density at radius 1 is 1.05 bits per heavy atom. The van der Waals surface area contributed by atoms with Gasteiger partial charge in [-0.2, -0.15) is 0 Å². The predicted octanol–water partition coefficient (Wildman–Crippen LogP) is 3.96. The van der Waals surface area contributed by atoms with Crippen molar-refractivity contribution in [1.29, 1.82) is 0 Å². The Morgan fingerprint density at radius 3 is 2.32 bits per heavy atom. The maximum absolute atomic E-state index is 13.0. The molecule has 1 N–H and O–H groups in total. The minimum atomic E-state index is -0.230. The van der Waals surface area contributed by atoms with Crippen LogP contribution in [0, 0.1) is 19.7 Å². The van der Waals surface area contributed by atoms with E-state index in [2.05, 4.69) is 32.0 Å². The number of aliphatic hydroxyl groups excluding tert-OH is 1. The third kappa shape index (κ3) is 3.21. The Balaban J connectivity index is 2.41. The molecule has 2 heteroatoms. The van der Waals surface area contributed by atoms with Gasteiger partial charge in [-0.05, 0) is 49.1 Å². The topological polar surface area (TPSA) is 20.2 Å². The molecule has 0 bridgehead atoms. The van der Waals surface area contributed by atoms with Crippen LogP contribution >= 0.6 is 0 Å². The Kier molecular flexibility index (Phi) is 4.33. The highest BCUT2D eigenvalue weighted by Crippen LogP contribution is 2.30. The van der Waals surface area contributed by atoms with Crippen molar-refractivity contribution in [3.05, 3.63) is 70.5 Å². The molecule has 0 amide bonds. The summed E-state index contributed by atoms with van der Waals surface area (Å²) in [5, 5.41) is 9.29. The summed E-state index contributed by atoms with van der Waals surface area (Å²) in [6.07, 6.45) is 0.648. The third-order valence-corrected chi connectivity index (χ3v) is 3.49. The molecule has 0 aliphatic rings. The van der Waals surface area contributed by atoms with E-state index in [0.717, 1.165) is 5.56 Å². The van der Waals surface area contributed by atoms with Crippen molar-refractivity contribution in [1.82, 2.24) is 0 Å². The molecule has 1 nitrogen and oxygen atoms in total. The Labute approximate surface area is 113 Å². The molecule has 19 heavy (non-hydrogen) atoms. The molecule has 0 aliphatic carbocycles. The van der Waals surface area contributed by atoms with Gasteiger partial charge < -0.3 is 5.11 Å². The summed E-state index contributed by atoms with van der Waals surface area (Å²) < 4.78 is 13.0. The van der Waals surface area contributed by atoms with Crippen molar-refractivity contribution in [3.8, 4) is 0 Å². The normalized spacial score (nSPS) is 12.4. The summed E-state index contributed by atoms with van der Waals surface area (Å²) in [5.74, 6) is -0.113. The Hall–Kier alpha value is -1.67. The van der Waals surface area contributed by atoms with E-state index in [-0.39, 0.29) is 18.3 Å². The fourth-order valence-electron chi connectivity index (χ4n) is 2.54. The highest BCUT2D eigenvalue weighted by Gasteiger charge is 2.15. The van der Waals surface area contributed by atoms with E-state index in [4.69, 9.17) is 0 Å². The van der Waals surface area contributed by atoms with E-state index in [9.17, 15) is 9.50 Å². The average Bonchev–Trinajstić information content (AvgIpc) is 2.38. The second kappa shape index (κ2) is 5.98. The van der Waals surface area contributed by atoms with Crippen molar-refractivity contribution in [2.24, 2.45) is 0 Å². The van der Waals surface area contributed by atoms with Crippen LogP contribution in [0.5, 0.6) is 0 Å². The number of halogens is 1. The molecule has 0 aliphatic heterocycles. The van der Waals surface area contributed by atoms with E-state index < -0.39 is 0 Å². The van der Waals surface area contributed by atoms with Gasteiger partial charge in [0.15, 0.2) is 0 Å². The molecule has 0 fully saturated rings. The van der Waals surface area contributed by atoms with Crippen LogP contribution in [0.2, 0.25) is 0 Å². The minimum absolute atomic E-state index is 0.117. The van der Waals surface area contributed by atoms with Crippen LogP contribution in [0.3, 0.4) is 0 Å². The molecule has 0 spiro atoms. The fraction of sp³-hybridized carbons (Fsp3) is 0.294. The van der Waals surface area contributed by atoms with Gasteiger partial charge in [0, 0.05) is 12.5 Å². The lowest BCUT2D eigenvalue weighted by Crippen LogP contribution is -2.06. The Bertz CT molecular complexity index is 546. The van der Waals surface area contributed by atoms with Crippen LogP contribution < -0.4 is 0 Å². The lowest BCUT2D eigenvalue weighted by atomic mass is 9.86. The van der Waals surface area contributed by atoms with Crippen molar-refractivity contribution in [3.63, 3.8) is 0 Å². The molecule has 0 saturated carbocycles. The molecule has 0 heterocycles. The van der Waals surface area contributed by atoms with Gasteiger partial charge in [0.1, 0.15) is 5.82 Å². The first-order chi connectivity index (χ1) is 9.11. The first-order valence-corrected chi connectivity index (χ1v) is 6.55. The first-order valence-electron chi connectivity index (χ1n) is 6.55. The second-order valence-electron chi connectivity index (χ2n) is 4.98. The van der Waals surface area contributed by atoms with E-state index in [1.54, 1.807) is 12.1 Å². The lowest BCUT2D eigenvalue weighted by Gasteiger charge is -2.19. The molecule has 0 aromatic heterocycles. The molecule has 1 atom stereocenters. The monoisotopic (exact) mass is 258 g/mol. The van der Waals surface area contributed by atoms with E-state index in [1.165, 1.54) is 28.8 Å². The number of aliphatic hydroxyl groups is 1. The first kappa shape index (κ1) is 13.8. The highest BCUT2D eigenvalue weighted by molar-refractivity contribution is 5.39. The molecular weight excluding hydrogens is 239 g/mol. The third-order valence-electron chi connectivity index (χ3n) is 3.49. The largest absolute Gasteiger partial charge is 0.396 e. The Morgan fingerprint density at radius 2 is 1.74 bits per heavy atom. The zero-order valence-electron chi connectivity index (χ0n) is 11.4. The van der Waals surface area contributed by atoms with Gasteiger partial charge in [0.25, 0.3) is 0 Å². The van der Waals surface area contributed by atoms with Crippen molar-refractivity contribution >= 4 is 0 Å². The lowest BCUT2D eigenvalue weighted by molar-refractivity contribution is 0.281. The second-order valence-corrected chi connectivity index (χ2v) is 4.98. The number of hydrogen-bond acceptors (Lipinski definition) is 1. The summed E-state index contributed by atoms with van der Waals surface area (Å²) in [7, 11) is 0. The standard InChI is InChI=1S/C17H19FO/c1-12-3-8-16(13(2)11-12)17(9-10-19)14-4-6-15(18)7-5-14/h3-8,11,17,19H,9-10H2,1-2H3. The quantitative estimate of drug-likeness (QED) is 0.880. The summed E-state index contributed by atoms with van der Waals surface area (Å²) >= 11 is 0. The van der Waals surface area contributed by atoms with E-state index >= 15 is 0 Å². The van der Waals surface area contributed by atoms with Gasteiger partial charge in [0.05, 0.1) is 0 Å².